The summed E-state index contributed by atoms with van der Waals surface area (Å²) in [4.78, 5) is 16.9. The number of pyridine rings is 1. The molecule has 1 amide bonds. The third-order valence-corrected chi connectivity index (χ3v) is 2.26. The van der Waals surface area contributed by atoms with Crippen molar-refractivity contribution in [1.82, 2.24) is 9.88 Å². The van der Waals surface area contributed by atoms with Gasteiger partial charge in [0.2, 0.25) is 5.91 Å². The second-order valence-electron chi connectivity index (χ2n) is 4.12. The predicted octanol–water partition coefficient (Wildman–Crippen LogP) is 0.821. The minimum atomic E-state index is -0.318. The lowest BCUT2D eigenvalue weighted by Gasteiger charge is -2.14. The molecule has 3 N–H and O–H groups in total. The molecule has 1 aromatic heterocycles. The minimum Gasteiger partial charge on any atom is -0.370 e. The monoisotopic (exact) mass is 236 g/mol. The average molecular weight is 236 g/mol. The molecule has 5 nitrogen and oxygen atoms in total. The second-order valence-corrected chi connectivity index (χ2v) is 4.12. The Morgan fingerprint density at radius 3 is 2.82 bits per heavy atom. The summed E-state index contributed by atoms with van der Waals surface area (Å²) in [6.07, 6.45) is 2.89. The van der Waals surface area contributed by atoms with Crippen LogP contribution in [0.25, 0.3) is 0 Å². The molecule has 0 spiro atoms. The predicted molar refractivity (Wildman–Crippen MR) is 68.5 cm³/mol. The van der Waals surface area contributed by atoms with Crippen molar-refractivity contribution in [2.45, 2.75) is 19.9 Å². The highest BCUT2D eigenvalue weighted by Crippen LogP contribution is 2.06. The van der Waals surface area contributed by atoms with Gasteiger partial charge in [-0.2, -0.15) is 0 Å². The van der Waals surface area contributed by atoms with Gasteiger partial charge >= 0.3 is 0 Å². The Balaban J connectivity index is 2.47. The number of hydrogen-bond acceptors (Lipinski definition) is 4. The van der Waals surface area contributed by atoms with E-state index >= 15 is 0 Å². The molecule has 0 atom stereocenters. The van der Waals surface area contributed by atoms with Gasteiger partial charge in [0.25, 0.3) is 0 Å². The third kappa shape index (κ3) is 5.31. The fourth-order valence-electron chi connectivity index (χ4n) is 1.51. The van der Waals surface area contributed by atoms with Gasteiger partial charge in [-0.05, 0) is 25.1 Å². The Morgan fingerprint density at radius 2 is 2.29 bits per heavy atom. The average Bonchev–Trinajstić information content (AvgIpc) is 2.27. The first-order chi connectivity index (χ1) is 8.11. The van der Waals surface area contributed by atoms with E-state index in [-0.39, 0.29) is 12.5 Å². The van der Waals surface area contributed by atoms with Gasteiger partial charge in [0, 0.05) is 19.3 Å². The molecule has 0 bridgehead atoms. The second kappa shape index (κ2) is 6.85. The van der Waals surface area contributed by atoms with Crippen LogP contribution in [0.5, 0.6) is 0 Å². The maximum Gasteiger partial charge on any atom is 0.231 e. The summed E-state index contributed by atoms with van der Waals surface area (Å²) in [5, 5.41) is 3.21. The summed E-state index contributed by atoms with van der Waals surface area (Å²) < 4.78 is 0. The van der Waals surface area contributed by atoms with Gasteiger partial charge in [-0.25, -0.2) is 4.98 Å². The van der Waals surface area contributed by atoms with E-state index in [4.69, 9.17) is 5.73 Å². The van der Waals surface area contributed by atoms with Crippen molar-refractivity contribution in [1.29, 1.82) is 0 Å². The number of carbonyl (C=O) groups excluding carboxylic acids is 1. The van der Waals surface area contributed by atoms with Crippen molar-refractivity contribution in [2.24, 2.45) is 5.73 Å². The van der Waals surface area contributed by atoms with Crippen molar-refractivity contribution in [2.75, 3.05) is 25.5 Å². The number of anilines is 1. The van der Waals surface area contributed by atoms with E-state index in [2.05, 4.69) is 17.2 Å². The van der Waals surface area contributed by atoms with E-state index in [1.807, 2.05) is 30.3 Å². The first kappa shape index (κ1) is 13.4. The molecular weight excluding hydrogens is 216 g/mol. The van der Waals surface area contributed by atoms with Crippen LogP contribution in [0.3, 0.4) is 0 Å². The molecule has 0 radical (unpaired) electrons. The highest BCUT2D eigenvalue weighted by atomic mass is 16.1. The number of nitrogens with two attached hydrogens (primary N) is 1. The summed E-state index contributed by atoms with van der Waals surface area (Å²) in [5.41, 5.74) is 6.19. The van der Waals surface area contributed by atoms with E-state index in [1.54, 1.807) is 0 Å². The summed E-state index contributed by atoms with van der Waals surface area (Å²) in [6.45, 7) is 3.97. The number of nitrogens with one attached hydrogen (secondary N) is 1. The molecule has 0 aliphatic rings. The highest BCUT2D eigenvalue weighted by Gasteiger charge is 2.03. The fraction of sp³-hybridized carbons (Fsp3) is 0.500. The van der Waals surface area contributed by atoms with E-state index in [1.165, 1.54) is 0 Å². The third-order valence-electron chi connectivity index (χ3n) is 2.26. The zero-order valence-corrected chi connectivity index (χ0v) is 10.4. The van der Waals surface area contributed by atoms with Crippen molar-refractivity contribution >= 4 is 11.7 Å². The van der Waals surface area contributed by atoms with Gasteiger partial charge in [-0.15, -0.1) is 0 Å². The summed E-state index contributed by atoms with van der Waals surface area (Å²) in [7, 11) is 1.86. The highest BCUT2D eigenvalue weighted by molar-refractivity contribution is 5.75. The molecule has 5 heteroatoms. The Labute approximate surface area is 102 Å². The number of rotatable bonds is 7. The van der Waals surface area contributed by atoms with Crippen molar-refractivity contribution in [3.63, 3.8) is 0 Å². The summed E-state index contributed by atoms with van der Waals surface area (Å²) in [6, 6.07) is 3.95. The number of carbonyl (C=O) groups is 1. The molecular formula is C12H20N4O. The maximum absolute atomic E-state index is 10.7. The number of likely N-dealkylation sites (N-methyl/N-ethyl adjacent to an activating group) is 1. The quantitative estimate of drug-likeness (QED) is 0.735. The maximum atomic E-state index is 10.7. The van der Waals surface area contributed by atoms with Crippen LogP contribution in [-0.2, 0) is 11.3 Å². The molecule has 1 heterocycles. The van der Waals surface area contributed by atoms with Gasteiger partial charge in [-0.1, -0.05) is 13.0 Å². The van der Waals surface area contributed by atoms with Gasteiger partial charge in [0.1, 0.15) is 5.82 Å². The van der Waals surface area contributed by atoms with Gasteiger partial charge in [-0.3, -0.25) is 9.69 Å². The summed E-state index contributed by atoms with van der Waals surface area (Å²) >= 11 is 0. The normalized spacial score (nSPS) is 10.5. The number of hydrogen-bond donors (Lipinski definition) is 2. The molecule has 0 aliphatic heterocycles. The van der Waals surface area contributed by atoms with Crippen LogP contribution in [0.4, 0.5) is 5.82 Å². The molecule has 0 saturated carbocycles. The van der Waals surface area contributed by atoms with E-state index in [0.29, 0.717) is 6.54 Å². The van der Waals surface area contributed by atoms with Crippen LogP contribution in [0.1, 0.15) is 18.9 Å². The number of amides is 1. The Morgan fingerprint density at radius 1 is 1.53 bits per heavy atom. The largest absolute Gasteiger partial charge is 0.370 e. The molecule has 0 aliphatic carbocycles. The van der Waals surface area contributed by atoms with Crippen LogP contribution in [0.15, 0.2) is 18.3 Å². The summed E-state index contributed by atoms with van der Waals surface area (Å²) in [5.74, 6) is 0.565. The first-order valence-corrected chi connectivity index (χ1v) is 5.77. The Bertz CT molecular complexity index is 350. The van der Waals surface area contributed by atoms with E-state index in [9.17, 15) is 4.79 Å². The van der Waals surface area contributed by atoms with Crippen molar-refractivity contribution in [3.8, 4) is 0 Å². The topological polar surface area (TPSA) is 71.2 Å². The zero-order chi connectivity index (χ0) is 12.7. The van der Waals surface area contributed by atoms with Crippen LogP contribution in [0, 0.1) is 0 Å². The molecule has 94 valence electrons. The zero-order valence-electron chi connectivity index (χ0n) is 10.4. The first-order valence-electron chi connectivity index (χ1n) is 5.77. The Kier molecular flexibility index (Phi) is 5.42. The lowest BCUT2D eigenvalue weighted by Crippen LogP contribution is -2.30. The van der Waals surface area contributed by atoms with E-state index < -0.39 is 0 Å². The van der Waals surface area contributed by atoms with Gasteiger partial charge < -0.3 is 11.1 Å². The van der Waals surface area contributed by atoms with Gasteiger partial charge in [0.05, 0.1) is 6.54 Å². The van der Waals surface area contributed by atoms with Crippen LogP contribution >= 0.6 is 0 Å². The number of primary amides is 1. The lowest BCUT2D eigenvalue weighted by atomic mass is 10.2. The van der Waals surface area contributed by atoms with Crippen LogP contribution in [0.2, 0.25) is 0 Å². The molecule has 1 rings (SSSR count). The van der Waals surface area contributed by atoms with Crippen LogP contribution in [-0.4, -0.2) is 35.9 Å². The number of aromatic nitrogens is 1. The minimum absolute atomic E-state index is 0.260. The Hall–Kier alpha value is -1.62. The van der Waals surface area contributed by atoms with E-state index in [0.717, 1.165) is 24.3 Å². The smallest absolute Gasteiger partial charge is 0.231 e. The number of nitrogens with zero attached hydrogens (tertiary/aromatic N) is 2. The van der Waals surface area contributed by atoms with Crippen LogP contribution < -0.4 is 11.1 Å². The van der Waals surface area contributed by atoms with Crippen molar-refractivity contribution in [3.05, 3.63) is 23.9 Å². The van der Waals surface area contributed by atoms with Gasteiger partial charge in [0.15, 0.2) is 0 Å². The lowest BCUT2D eigenvalue weighted by molar-refractivity contribution is -0.118. The fourth-order valence-corrected chi connectivity index (χ4v) is 1.51. The molecule has 0 unspecified atom stereocenters. The standard InChI is InChI=1S/C12H20N4O/c1-3-6-14-12-5-4-10(7-15-12)8-16(2)9-11(13)17/h4-5,7H,3,6,8-9H2,1-2H3,(H2,13,17)(H,14,15). The molecule has 0 saturated heterocycles. The molecule has 0 aromatic carbocycles. The molecule has 1 aromatic rings. The molecule has 0 fully saturated rings. The molecule has 17 heavy (non-hydrogen) atoms. The van der Waals surface area contributed by atoms with Crippen molar-refractivity contribution < 1.29 is 4.79 Å². The SMILES string of the molecule is CCCNc1ccc(CN(C)CC(N)=O)cn1.